The Kier molecular flexibility index (Phi) is 4.27. The van der Waals surface area contributed by atoms with E-state index in [9.17, 15) is 14.9 Å². The highest BCUT2D eigenvalue weighted by Gasteiger charge is 2.12. The van der Waals surface area contributed by atoms with E-state index in [2.05, 4.69) is 10.6 Å². The van der Waals surface area contributed by atoms with Gasteiger partial charge in [-0.2, -0.15) is 0 Å². The number of rotatable bonds is 5. The van der Waals surface area contributed by atoms with Crippen molar-refractivity contribution in [1.82, 2.24) is 5.32 Å². The summed E-state index contributed by atoms with van der Waals surface area (Å²) in [5.41, 5.74) is 6.25. The number of aryl methyl sites for hydroxylation is 1. The lowest BCUT2D eigenvalue weighted by molar-refractivity contribution is -0.384. The van der Waals surface area contributed by atoms with Gasteiger partial charge < -0.3 is 16.4 Å². The fraction of sp³-hybridized carbons (Fsp3) is 0.300. The first-order valence-electron chi connectivity index (χ1n) is 5.03. The predicted molar refractivity (Wildman–Crippen MR) is 63.9 cm³/mol. The van der Waals surface area contributed by atoms with Gasteiger partial charge in [0.25, 0.3) is 5.69 Å². The fourth-order valence-electron chi connectivity index (χ4n) is 1.33. The van der Waals surface area contributed by atoms with E-state index in [1.54, 1.807) is 12.1 Å². The third-order valence-electron chi connectivity index (χ3n) is 2.09. The minimum absolute atomic E-state index is 0.00896. The number of nitrogens with zero attached hydrogens (tertiary/aromatic N) is 1. The van der Waals surface area contributed by atoms with Crippen molar-refractivity contribution in [3.8, 4) is 0 Å². The Morgan fingerprint density at radius 3 is 2.76 bits per heavy atom. The highest BCUT2D eigenvalue weighted by molar-refractivity contribution is 5.71. The van der Waals surface area contributed by atoms with E-state index in [0.29, 0.717) is 18.8 Å². The molecular formula is C10H14N4O3. The zero-order valence-electron chi connectivity index (χ0n) is 9.40. The van der Waals surface area contributed by atoms with Crippen LogP contribution in [0.4, 0.5) is 16.2 Å². The quantitative estimate of drug-likeness (QED) is 0.403. The van der Waals surface area contributed by atoms with Gasteiger partial charge in [0.1, 0.15) is 5.69 Å². The molecule has 0 aliphatic carbocycles. The lowest BCUT2D eigenvalue weighted by atomic mass is 10.2. The highest BCUT2D eigenvalue weighted by Crippen LogP contribution is 2.24. The summed E-state index contributed by atoms with van der Waals surface area (Å²) < 4.78 is 0. The number of amides is 2. The van der Waals surface area contributed by atoms with Gasteiger partial charge in [0, 0.05) is 19.2 Å². The molecule has 1 rings (SSSR count). The number of hydrogen-bond donors (Lipinski definition) is 3. The Balaban J connectivity index is 2.65. The fourth-order valence-corrected chi connectivity index (χ4v) is 1.33. The predicted octanol–water partition coefficient (Wildman–Crippen LogP) is 0.983. The molecule has 0 atom stereocenters. The summed E-state index contributed by atoms with van der Waals surface area (Å²) in [6, 6.07) is 4.18. The molecule has 0 aliphatic rings. The average molecular weight is 238 g/mol. The van der Waals surface area contributed by atoms with Crippen molar-refractivity contribution in [2.75, 3.05) is 18.4 Å². The first-order valence-corrected chi connectivity index (χ1v) is 5.03. The van der Waals surface area contributed by atoms with Crippen LogP contribution in [-0.2, 0) is 0 Å². The number of hydrogen-bond acceptors (Lipinski definition) is 4. The van der Waals surface area contributed by atoms with Crippen LogP contribution in [0.2, 0.25) is 0 Å². The van der Waals surface area contributed by atoms with Crippen LogP contribution in [0.1, 0.15) is 5.56 Å². The maximum atomic E-state index is 10.7. The second kappa shape index (κ2) is 5.69. The second-order valence-electron chi connectivity index (χ2n) is 3.50. The minimum Gasteiger partial charge on any atom is -0.378 e. The number of nitrogens with two attached hydrogens (primary N) is 1. The van der Waals surface area contributed by atoms with Crippen molar-refractivity contribution in [3.63, 3.8) is 0 Å². The molecule has 92 valence electrons. The monoisotopic (exact) mass is 238 g/mol. The number of urea groups is 1. The van der Waals surface area contributed by atoms with Gasteiger partial charge in [-0.1, -0.05) is 6.07 Å². The van der Waals surface area contributed by atoms with Crippen LogP contribution < -0.4 is 16.4 Å². The zero-order chi connectivity index (χ0) is 12.8. The molecule has 1 aromatic carbocycles. The van der Waals surface area contributed by atoms with Crippen LogP contribution in [0.5, 0.6) is 0 Å². The molecule has 0 bridgehead atoms. The first-order chi connectivity index (χ1) is 8.00. The number of primary amides is 1. The van der Waals surface area contributed by atoms with E-state index in [-0.39, 0.29) is 5.69 Å². The Morgan fingerprint density at radius 1 is 1.47 bits per heavy atom. The summed E-state index contributed by atoms with van der Waals surface area (Å²) in [5, 5.41) is 16.0. The van der Waals surface area contributed by atoms with Crippen LogP contribution in [0, 0.1) is 17.0 Å². The molecule has 0 fully saturated rings. The molecule has 0 spiro atoms. The number of anilines is 1. The largest absolute Gasteiger partial charge is 0.378 e. The number of carbonyl (C=O) groups excluding carboxylic acids is 1. The average Bonchev–Trinajstić information content (AvgIpc) is 2.23. The topological polar surface area (TPSA) is 110 Å². The van der Waals surface area contributed by atoms with Crippen molar-refractivity contribution >= 4 is 17.4 Å². The molecule has 4 N–H and O–H groups in total. The third-order valence-corrected chi connectivity index (χ3v) is 2.09. The van der Waals surface area contributed by atoms with Crippen molar-refractivity contribution < 1.29 is 9.72 Å². The molecular weight excluding hydrogens is 224 g/mol. The molecule has 0 heterocycles. The SMILES string of the molecule is Cc1ccc([N+](=O)[O-])c(NCCNC(N)=O)c1. The summed E-state index contributed by atoms with van der Waals surface area (Å²) >= 11 is 0. The Hall–Kier alpha value is -2.31. The number of nitro groups is 1. The van der Waals surface area contributed by atoms with Crippen LogP contribution in [0.3, 0.4) is 0 Å². The van der Waals surface area contributed by atoms with Crippen LogP contribution in [0.15, 0.2) is 18.2 Å². The summed E-state index contributed by atoms with van der Waals surface area (Å²) in [6.07, 6.45) is 0. The number of carbonyl (C=O) groups is 1. The van der Waals surface area contributed by atoms with E-state index in [1.165, 1.54) is 6.07 Å². The van der Waals surface area contributed by atoms with Crippen molar-refractivity contribution in [2.24, 2.45) is 5.73 Å². The number of nitro benzene ring substituents is 1. The summed E-state index contributed by atoms with van der Waals surface area (Å²) in [6.45, 7) is 2.52. The standard InChI is InChI=1S/C10H14N4O3/c1-7-2-3-9(14(16)17)8(6-7)12-4-5-13-10(11)15/h2-3,6,12H,4-5H2,1H3,(H3,11,13,15). The van der Waals surface area contributed by atoms with Gasteiger partial charge >= 0.3 is 6.03 Å². The van der Waals surface area contributed by atoms with Gasteiger partial charge in [-0.05, 0) is 18.6 Å². The lowest BCUT2D eigenvalue weighted by Gasteiger charge is -2.08. The van der Waals surface area contributed by atoms with E-state index in [0.717, 1.165) is 5.56 Å². The van der Waals surface area contributed by atoms with E-state index >= 15 is 0 Å². The van der Waals surface area contributed by atoms with E-state index in [1.807, 2.05) is 6.92 Å². The van der Waals surface area contributed by atoms with Gasteiger partial charge in [0.15, 0.2) is 0 Å². The van der Waals surface area contributed by atoms with Gasteiger partial charge in [-0.25, -0.2) is 4.79 Å². The van der Waals surface area contributed by atoms with Gasteiger partial charge in [-0.15, -0.1) is 0 Å². The lowest BCUT2D eigenvalue weighted by Crippen LogP contribution is -2.33. The molecule has 1 aromatic rings. The molecule has 2 amide bonds. The smallest absolute Gasteiger partial charge is 0.312 e. The molecule has 0 aromatic heterocycles. The molecule has 0 aliphatic heterocycles. The van der Waals surface area contributed by atoms with Crippen molar-refractivity contribution in [2.45, 2.75) is 6.92 Å². The molecule has 0 saturated heterocycles. The zero-order valence-corrected chi connectivity index (χ0v) is 9.40. The Morgan fingerprint density at radius 2 is 2.18 bits per heavy atom. The first kappa shape index (κ1) is 12.8. The molecule has 17 heavy (non-hydrogen) atoms. The molecule has 0 unspecified atom stereocenters. The molecule has 7 nitrogen and oxygen atoms in total. The Bertz CT molecular complexity index is 434. The van der Waals surface area contributed by atoms with Gasteiger partial charge in [-0.3, -0.25) is 10.1 Å². The second-order valence-corrected chi connectivity index (χ2v) is 3.50. The Labute approximate surface area is 98.1 Å². The van der Waals surface area contributed by atoms with Gasteiger partial charge in [0.2, 0.25) is 0 Å². The molecule has 0 radical (unpaired) electrons. The van der Waals surface area contributed by atoms with Crippen LogP contribution in [-0.4, -0.2) is 24.0 Å². The van der Waals surface area contributed by atoms with Crippen molar-refractivity contribution in [3.05, 3.63) is 33.9 Å². The maximum Gasteiger partial charge on any atom is 0.312 e. The van der Waals surface area contributed by atoms with Crippen molar-refractivity contribution in [1.29, 1.82) is 0 Å². The minimum atomic E-state index is -0.620. The molecule has 0 saturated carbocycles. The number of nitrogens with one attached hydrogen (secondary N) is 2. The third kappa shape index (κ3) is 3.98. The van der Waals surface area contributed by atoms with Crippen LogP contribution in [0.25, 0.3) is 0 Å². The summed E-state index contributed by atoms with van der Waals surface area (Å²) in [7, 11) is 0. The highest BCUT2D eigenvalue weighted by atomic mass is 16.6. The van der Waals surface area contributed by atoms with Crippen LogP contribution >= 0.6 is 0 Å². The normalized spacial score (nSPS) is 9.71. The number of benzene rings is 1. The van der Waals surface area contributed by atoms with Gasteiger partial charge in [0.05, 0.1) is 4.92 Å². The summed E-state index contributed by atoms with van der Waals surface area (Å²) in [5.74, 6) is 0. The molecule has 7 heteroatoms. The maximum absolute atomic E-state index is 10.7. The van der Waals surface area contributed by atoms with E-state index < -0.39 is 11.0 Å². The van der Waals surface area contributed by atoms with E-state index in [4.69, 9.17) is 5.73 Å². The summed E-state index contributed by atoms with van der Waals surface area (Å²) in [4.78, 5) is 20.7.